The summed E-state index contributed by atoms with van der Waals surface area (Å²) in [6, 6.07) is 19.9. The van der Waals surface area contributed by atoms with Gasteiger partial charge in [-0.3, -0.25) is 19.6 Å². The first-order valence-corrected chi connectivity index (χ1v) is 10.7. The maximum Gasteiger partial charge on any atom is 0.272 e. The van der Waals surface area contributed by atoms with Crippen molar-refractivity contribution >= 4 is 17.3 Å². The normalized spacial score (nSPS) is 10.6. The van der Waals surface area contributed by atoms with Crippen LogP contribution in [0.1, 0.15) is 32.6 Å². The second-order valence-electron chi connectivity index (χ2n) is 8.06. The molecule has 1 aromatic heterocycles. The van der Waals surface area contributed by atoms with E-state index in [2.05, 4.69) is 16.5 Å². The van der Waals surface area contributed by atoms with Gasteiger partial charge in [-0.25, -0.2) is 0 Å². The Kier molecular flexibility index (Phi) is 6.68. The molecular formula is C26H24N4O4. The summed E-state index contributed by atoms with van der Waals surface area (Å²) in [6.07, 6.45) is 3.42. The lowest BCUT2D eigenvalue weighted by Gasteiger charge is -2.09. The second-order valence-corrected chi connectivity index (χ2v) is 8.06. The lowest BCUT2D eigenvalue weighted by atomic mass is 10.1. The topological polar surface area (TPSA) is 99.3 Å². The molecule has 1 N–H and O–H groups in total. The van der Waals surface area contributed by atoms with Gasteiger partial charge in [0.15, 0.2) is 0 Å². The number of nitrogens with one attached hydrogen (secondary N) is 1. The molecule has 0 aliphatic rings. The van der Waals surface area contributed by atoms with Gasteiger partial charge in [-0.05, 0) is 49.2 Å². The average molecular weight is 457 g/mol. The van der Waals surface area contributed by atoms with Gasteiger partial charge in [0.05, 0.1) is 23.4 Å². The Bertz CT molecular complexity index is 1350. The Balaban J connectivity index is 1.37. The van der Waals surface area contributed by atoms with Crippen molar-refractivity contribution in [1.82, 2.24) is 9.78 Å². The third-order valence-corrected chi connectivity index (χ3v) is 5.28. The van der Waals surface area contributed by atoms with Crippen LogP contribution >= 0.6 is 0 Å². The maximum absolute atomic E-state index is 12.7. The number of nitro benzene ring substituents is 1. The number of rotatable bonds is 8. The number of ether oxygens (including phenoxy) is 1. The number of hydrogen-bond acceptors (Lipinski definition) is 5. The summed E-state index contributed by atoms with van der Waals surface area (Å²) in [7, 11) is 0. The predicted molar refractivity (Wildman–Crippen MR) is 129 cm³/mol. The van der Waals surface area contributed by atoms with Gasteiger partial charge < -0.3 is 10.1 Å². The standard InChI is InChI=1S/C26H24N4O4/c1-18-5-3-6-20(11-18)15-29-16-23(14-27-29)28-26(31)22-8-4-7-21(13-22)17-34-24-9-10-25(30(32)33)19(2)12-24/h3-14,16H,15,17H2,1-2H3,(H,28,31). The van der Waals surface area contributed by atoms with E-state index in [9.17, 15) is 14.9 Å². The van der Waals surface area contributed by atoms with E-state index in [4.69, 9.17) is 4.74 Å². The third kappa shape index (κ3) is 5.66. The lowest BCUT2D eigenvalue weighted by molar-refractivity contribution is -0.385. The van der Waals surface area contributed by atoms with Crippen molar-refractivity contribution in [2.75, 3.05) is 5.32 Å². The Labute approximate surface area is 197 Å². The van der Waals surface area contributed by atoms with Crippen molar-refractivity contribution in [2.24, 2.45) is 0 Å². The number of aromatic nitrogens is 2. The van der Waals surface area contributed by atoms with Gasteiger partial charge in [0.1, 0.15) is 12.4 Å². The van der Waals surface area contributed by atoms with E-state index in [0.717, 1.165) is 11.1 Å². The Morgan fingerprint density at radius 3 is 2.62 bits per heavy atom. The molecule has 0 spiro atoms. The first-order chi connectivity index (χ1) is 16.4. The van der Waals surface area contributed by atoms with Crippen molar-refractivity contribution < 1.29 is 14.5 Å². The average Bonchev–Trinajstić information content (AvgIpc) is 3.24. The number of amides is 1. The van der Waals surface area contributed by atoms with Crippen LogP contribution in [0.15, 0.2) is 79.1 Å². The molecule has 1 amide bonds. The summed E-state index contributed by atoms with van der Waals surface area (Å²) in [5.41, 5.74) is 4.81. The van der Waals surface area contributed by atoms with Gasteiger partial charge >= 0.3 is 0 Å². The van der Waals surface area contributed by atoms with Crippen LogP contribution in [0.3, 0.4) is 0 Å². The quantitative estimate of drug-likeness (QED) is 0.287. The first kappa shape index (κ1) is 22.7. The number of aryl methyl sites for hydroxylation is 2. The summed E-state index contributed by atoms with van der Waals surface area (Å²) >= 11 is 0. The zero-order chi connectivity index (χ0) is 24.1. The molecule has 4 rings (SSSR count). The van der Waals surface area contributed by atoms with Gasteiger partial charge in [-0.15, -0.1) is 0 Å². The molecule has 34 heavy (non-hydrogen) atoms. The highest BCUT2D eigenvalue weighted by Gasteiger charge is 2.12. The molecular weight excluding hydrogens is 432 g/mol. The molecule has 0 fully saturated rings. The smallest absolute Gasteiger partial charge is 0.272 e. The van der Waals surface area contributed by atoms with Crippen molar-refractivity contribution in [3.8, 4) is 5.75 Å². The van der Waals surface area contributed by atoms with Crippen LogP contribution in [0.2, 0.25) is 0 Å². The number of nitrogens with zero attached hydrogens (tertiary/aromatic N) is 3. The maximum atomic E-state index is 12.7. The molecule has 0 bridgehead atoms. The molecule has 172 valence electrons. The summed E-state index contributed by atoms with van der Waals surface area (Å²) in [5.74, 6) is 0.280. The fourth-order valence-corrected chi connectivity index (χ4v) is 3.61. The zero-order valence-electron chi connectivity index (χ0n) is 18.9. The van der Waals surface area contributed by atoms with Crippen LogP contribution in [0, 0.1) is 24.0 Å². The molecule has 0 saturated heterocycles. The molecule has 0 atom stereocenters. The Morgan fingerprint density at radius 1 is 1.06 bits per heavy atom. The van der Waals surface area contributed by atoms with Crippen molar-refractivity contribution in [1.29, 1.82) is 0 Å². The van der Waals surface area contributed by atoms with Crippen molar-refractivity contribution in [3.05, 3.63) is 117 Å². The van der Waals surface area contributed by atoms with E-state index in [1.165, 1.54) is 11.6 Å². The third-order valence-electron chi connectivity index (χ3n) is 5.28. The number of anilines is 1. The highest BCUT2D eigenvalue weighted by Crippen LogP contribution is 2.24. The van der Waals surface area contributed by atoms with E-state index in [-0.39, 0.29) is 18.2 Å². The molecule has 8 nitrogen and oxygen atoms in total. The summed E-state index contributed by atoms with van der Waals surface area (Å²) in [6.45, 7) is 4.56. The van der Waals surface area contributed by atoms with Gasteiger partial charge in [0.2, 0.25) is 0 Å². The number of nitro groups is 1. The molecule has 0 aliphatic carbocycles. The van der Waals surface area contributed by atoms with E-state index in [1.807, 2.05) is 31.2 Å². The highest BCUT2D eigenvalue weighted by atomic mass is 16.6. The van der Waals surface area contributed by atoms with E-state index in [0.29, 0.717) is 29.1 Å². The fraction of sp³-hybridized carbons (Fsp3) is 0.154. The Hall–Kier alpha value is -4.46. The van der Waals surface area contributed by atoms with E-state index in [1.54, 1.807) is 54.3 Å². The SMILES string of the molecule is Cc1cccc(Cn2cc(NC(=O)c3cccc(COc4ccc([N+](=O)[O-])c(C)c4)c3)cn2)c1. The first-order valence-electron chi connectivity index (χ1n) is 10.7. The highest BCUT2D eigenvalue weighted by molar-refractivity contribution is 6.04. The molecule has 0 saturated carbocycles. The Morgan fingerprint density at radius 2 is 1.85 bits per heavy atom. The van der Waals surface area contributed by atoms with Gasteiger partial charge in [-0.1, -0.05) is 42.0 Å². The van der Waals surface area contributed by atoms with Crippen molar-refractivity contribution in [2.45, 2.75) is 27.0 Å². The van der Waals surface area contributed by atoms with Crippen molar-refractivity contribution in [3.63, 3.8) is 0 Å². The molecule has 0 aliphatic heterocycles. The van der Waals surface area contributed by atoms with Crippen LogP contribution in [-0.4, -0.2) is 20.6 Å². The lowest BCUT2D eigenvalue weighted by Crippen LogP contribution is -2.12. The molecule has 3 aromatic carbocycles. The van der Waals surface area contributed by atoms with Gasteiger partial charge in [-0.2, -0.15) is 5.10 Å². The van der Waals surface area contributed by atoms with Gasteiger partial charge in [0, 0.05) is 23.4 Å². The van der Waals surface area contributed by atoms with Gasteiger partial charge in [0.25, 0.3) is 11.6 Å². The minimum atomic E-state index is -0.423. The second kappa shape index (κ2) is 9.99. The minimum Gasteiger partial charge on any atom is -0.489 e. The van der Waals surface area contributed by atoms with Crippen LogP contribution in [0.4, 0.5) is 11.4 Å². The fourth-order valence-electron chi connectivity index (χ4n) is 3.61. The van der Waals surface area contributed by atoms with Crippen LogP contribution < -0.4 is 10.1 Å². The monoisotopic (exact) mass is 456 g/mol. The van der Waals surface area contributed by atoms with Crippen LogP contribution in [-0.2, 0) is 13.2 Å². The number of hydrogen-bond donors (Lipinski definition) is 1. The number of carbonyl (C=O) groups is 1. The minimum absolute atomic E-state index is 0.0493. The largest absolute Gasteiger partial charge is 0.489 e. The number of carbonyl (C=O) groups excluding carboxylic acids is 1. The molecule has 4 aromatic rings. The van der Waals surface area contributed by atoms with Crippen LogP contribution in [0.5, 0.6) is 5.75 Å². The molecule has 0 radical (unpaired) electrons. The molecule has 8 heteroatoms. The zero-order valence-corrected chi connectivity index (χ0v) is 18.9. The summed E-state index contributed by atoms with van der Waals surface area (Å²) in [4.78, 5) is 23.3. The number of benzene rings is 3. The predicted octanol–water partition coefficient (Wildman–Crippen LogP) is 5.29. The van der Waals surface area contributed by atoms with Crippen LogP contribution in [0.25, 0.3) is 0 Å². The van der Waals surface area contributed by atoms with E-state index < -0.39 is 4.92 Å². The summed E-state index contributed by atoms with van der Waals surface area (Å²) in [5, 5.41) is 18.2. The molecule has 1 heterocycles. The van der Waals surface area contributed by atoms with E-state index >= 15 is 0 Å². The summed E-state index contributed by atoms with van der Waals surface area (Å²) < 4.78 is 7.54. The molecule has 0 unspecified atom stereocenters.